The van der Waals surface area contributed by atoms with Crippen LogP contribution in [-0.4, -0.2) is 46.1 Å². The van der Waals surface area contributed by atoms with Crippen LogP contribution in [-0.2, 0) is 0 Å². The number of rotatable bonds is 3. The van der Waals surface area contributed by atoms with Crippen molar-refractivity contribution in [3.63, 3.8) is 0 Å². The van der Waals surface area contributed by atoms with Crippen LogP contribution in [0.25, 0.3) is 11.3 Å². The molecule has 0 saturated carbocycles. The van der Waals surface area contributed by atoms with Gasteiger partial charge in [0.25, 0.3) is 0 Å². The van der Waals surface area contributed by atoms with Crippen LogP contribution in [0.5, 0.6) is 0 Å². The summed E-state index contributed by atoms with van der Waals surface area (Å²) in [5.41, 5.74) is 2.28. The Morgan fingerprint density at radius 1 is 1.00 bits per heavy atom. The molecule has 134 valence electrons. The summed E-state index contributed by atoms with van der Waals surface area (Å²) in [4.78, 5) is 21.9. The fourth-order valence-corrected chi connectivity index (χ4v) is 3.30. The summed E-state index contributed by atoms with van der Waals surface area (Å²) in [5.74, 6) is 1.41. The molecule has 0 aliphatic carbocycles. The number of anilines is 2. The summed E-state index contributed by atoms with van der Waals surface area (Å²) in [6.07, 6.45) is 6.86. The standard InChI is InChI=1S/C19H16ClN7/c20-16-10-14(11-21)12-24-18(16)26-6-8-27(9-7-26)19-23-5-3-17(25-19)15-2-1-4-22-13-15/h1-5,10,12-13H,6-9H2. The van der Waals surface area contributed by atoms with E-state index in [4.69, 9.17) is 16.9 Å². The van der Waals surface area contributed by atoms with Gasteiger partial charge in [-0.1, -0.05) is 11.6 Å². The van der Waals surface area contributed by atoms with Crippen LogP contribution in [0.15, 0.2) is 49.1 Å². The topological polar surface area (TPSA) is 81.8 Å². The molecule has 1 saturated heterocycles. The van der Waals surface area contributed by atoms with Crippen molar-refractivity contribution in [2.75, 3.05) is 36.0 Å². The molecule has 1 aliphatic heterocycles. The predicted octanol–water partition coefficient (Wildman–Crippen LogP) is 2.79. The lowest BCUT2D eigenvalue weighted by molar-refractivity contribution is 0.635. The summed E-state index contributed by atoms with van der Waals surface area (Å²) in [6.45, 7) is 3.02. The van der Waals surface area contributed by atoms with Gasteiger partial charge in [0.2, 0.25) is 5.95 Å². The molecule has 4 heterocycles. The maximum atomic E-state index is 8.94. The van der Waals surface area contributed by atoms with Crippen LogP contribution < -0.4 is 9.80 Å². The number of nitrogens with zero attached hydrogens (tertiary/aromatic N) is 7. The maximum Gasteiger partial charge on any atom is 0.225 e. The van der Waals surface area contributed by atoms with Crippen LogP contribution in [0.2, 0.25) is 5.02 Å². The number of piperazine rings is 1. The van der Waals surface area contributed by atoms with Gasteiger partial charge in [0.1, 0.15) is 11.9 Å². The normalized spacial score (nSPS) is 14.1. The van der Waals surface area contributed by atoms with E-state index in [0.29, 0.717) is 22.4 Å². The van der Waals surface area contributed by atoms with Gasteiger partial charge >= 0.3 is 0 Å². The first-order valence-corrected chi connectivity index (χ1v) is 8.91. The smallest absolute Gasteiger partial charge is 0.225 e. The van der Waals surface area contributed by atoms with Crippen LogP contribution in [0.4, 0.5) is 11.8 Å². The van der Waals surface area contributed by atoms with E-state index in [2.05, 4.69) is 35.8 Å². The Kier molecular flexibility index (Phi) is 4.81. The van der Waals surface area contributed by atoms with Crippen LogP contribution in [0, 0.1) is 11.3 Å². The Morgan fingerprint density at radius 3 is 2.52 bits per heavy atom. The van der Waals surface area contributed by atoms with E-state index in [1.54, 1.807) is 30.9 Å². The second-order valence-electron chi connectivity index (χ2n) is 6.10. The highest BCUT2D eigenvalue weighted by Crippen LogP contribution is 2.26. The second kappa shape index (κ2) is 7.56. The second-order valence-corrected chi connectivity index (χ2v) is 6.51. The summed E-state index contributed by atoms with van der Waals surface area (Å²) in [7, 11) is 0. The molecule has 3 aromatic rings. The van der Waals surface area contributed by atoms with Crippen molar-refractivity contribution in [1.29, 1.82) is 5.26 Å². The number of pyridine rings is 2. The van der Waals surface area contributed by atoms with Crippen molar-refractivity contribution in [1.82, 2.24) is 19.9 Å². The Balaban J connectivity index is 1.48. The molecule has 0 radical (unpaired) electrons. The first-order chi connectivity index (χ1) is 13.2. The first kappa shape index (κ1) is 17.2. The zero-order valence-electron chi connectivity index (χ0n) is 14.5. The SMILES string of the molecule is N#Cc1cnc(N2CCN(c3nccc(-c4cccnc4)n3)CC2)c(Cl)c1. The molecule has 0 spiro atoms. The van der Waals surface area contributed by atoms with Gasteiger partial charge in [-0.05, 0) is 24.3 Å². The quantitative estimate of drug-likeness (QED) is 0.694. The maximum absolute atomic E-state index is 8.94. The van der Waals surface area contributed by atoms with Gasteiger partial charge in [-0.15, -0.1) is 0 Å². The Morgan fingerprint density at radius 2 is 1.81 bits per heavy atom. The molecule has 7 nitrogen and oxygen atoms in total. The molecule has 0 atom stereocenters. The molecule has 0 N–H and O–H groups in total. The van der Waals surface area contributed by atoms with Gasteiger partial charge in [0.15, 0.2) is 0 Å². The Hall–Kier alpha value is -3.24. The van der Waals surface area contributed by atoms with Crippen molar-refractivity contribution in [3.8, 4) is 17.3 Å². The molecule has 0 unspecified atom stereocenters. The predicted molar refractivity (Wildman–Crippen MR) is 104 cm³/mol. The summed E-state index contributed by atoms with van der Waals surface area (Å²) in [5, 5.41) is 9.44. The molecule has 3 aromatic heterocycles. The van der Waals surface area contributed by atoms with Gasteiger partial charge in [-0.2, -0.15) is 5.26 Å². The highest BCUT2D eigenvalue weighted by Gasteiger charge is 2.22. The van der Waals surface area contributed by atoms with Gasteiger partial charge in [-0.3, -0.25) is 4.98 Å². The number of nitriles is 1. The van der Waals surface area contributed by atoms with Gasteiger partial charge < -0.3 is 9.80 Å². The van der Waals surface area contributed by atoms with Crippen LogP contribution in [0.3, 0.4) is 0 Å². The lowest BCUT2D eigenvalue weighted by Crippen LogP contribution is -2.47. The fraction of sp³-hybridized carbons (Fsp3) is 0.211. The average molecular weight is 378 g/mol. The third-order valence-electron chi connectivity index (χ3n) is 4.41. The largest absolute Gasteiger partial charge is 0.352 e. The lowest BCUT2D eigenvalue weighted by atomic mass is 10.2. The molecular formula is C19H16ClN7. The number of hydrogen-bond acceptors (Lipinski definition) is 7. The zero-order chi connectivity index (χ0) is 18.6. The van der Waals surface area contributed by atoms with E-state index >= 15 is 0 Å². The number of halogens is 1. The summed E-state index contributed by atoms with van der Waals surface area (Å²) < 4.78 is 0. The van der Waals surface area contributed by atoms with Gasteiger partial charge in [-0.25, -0.2) is 15.0 Å². The highest BCUT2D eigenvalue weighted by molar-refractivity contribution is 6.33. The Labute approximate surface area is 161 Å². The fourth-order valence-electron chi connectivity index (χ4n) is 3.02. The van der Waals surface area contributed by atoms with Crippen molar-refractivity contribution >= 4 is 23.4 Å². The van der Waals surface area contributed by atoms with Crippen LogP contribution in [0.1, 0.15) is 5.56 Å². The molecule has 8 heteroatoms. The Bertz CT molecular complexity index is 979. The molecule has 0 aromatic carbocycles. The minimum absolute atomic E-state index is 0.461. The molecule has 1 fully saturated rings. The third kappa shape index (κ3) is 3.66. The van der Waals surface area contributed by atoms with E-state index in [1.165, 1.54) is 0 Å². The number of hydrogen-bond donors (Lipinski definition) is 0. The van der Waals surface area contributed by atoms with E-state index in [-0.39, 0.29) is 0 Å². The zero-order valence-corrected chi connectivity index (χ0v) is 15.2. The molecular weight excluding hydrogens is 362 g/mol. The van der Waals surface area contributed by atoms with E-state index < -0.39 is 0 Å². The molecule has 1 aliphatic rings. The van der Waals surface area contributed by atoms with Crippen molar-refractivity contribution in [3.05, 3.63) is 59.6 Å². The number of aromatic nitrogens is 4. The highest BCUT2D eigenvalue weighted by atomic mass is 35.5. The molecule has 0 bridgehead atoms. The minimum Gasteiger partial charge on any atom is -0.352 e. The lowest BCUT2D eigenvalue weighted by Gasteiger charge is -2.35. The molecule has 0 amide bonds. The monoisotopic (exact) mass is 377 g/mol. The molecule has 27 heavy (non-hydrogen) atoms. The van der Waals surface area contributed by atoms with Crippen molar-refractivity contribution in [2.24, 2.45) is 0 Å². The van der Waals surface area contributed by atoms with Crippen molar-refractivity contribution < 1.29 is 0 Å². The molecule has 4 rings (SSSR count). The minimum atomic E-state index is 0.461. The van der Waals surface area contributed by atoms with E-state index in [0.717, 1.165) is 37.4 Å². The van der Waals surface area contributed by atoms with Gasteiger partial charge in [0.05, 0.1) is 16.3 Å². The average Bonchev–Trinajstić information content (AvgIpc) is 2.74. The third-order valence-corrected chi connectivity index (χ3v) is 4.69. The van der Waals surface area contributed by atoms with E-state index in [9.17, 15) is 0 Å². The summed E-state index contributed by atoms with van der Waals surface area (Å²) in [6, 6.07) is 9.46. The van der Waals surface area contributed by atoms with E-state index in [1.807, 2.05) is 18.2 Å². The van der Waals surface area contributed by atoms with Crippen molar-refractivity contribution in [2.45, 2.75) is 0 Å². The first-order valence-electron chi connectivity index (χ1n) is 8.53. The van der Waals surface area contributed by atoms with Gasteiger partial charge in [0, 0.05) is 56.5 Å². The van der Waals surface area contributed by atoms with Crippen LogP contribution >= 0.6 is 11.6 Å². The summed E-state index contributed by atoms with van der Waals surface area (Å²) >= 11 is 6.28.